The number of imidazole rings is 1. The molecule has 1 aromatic heterocycles. The lowest BCUT2D eigenvalue weighted by Crippen LogP contribution is -2.50. The van der Waals surface area contributed by atoms with Crippen LogP contribution in [0.4, 0.5) is 4.79 Å². The van der Waals surface area contributed by atoms with Gasteiger partial charge in [0.2, 0.25) is 6.34 Å². The quantitative estimate of drug-likeness (QED) is 0.666. The third-order valence-electron chi connectivity index (χ3n) is 4.71. The van der Waals surface area contributed by atoms with Gasteiger partial charge in [0.25, 0.3) is 0 Å². The molecule has 0 aliphatic carbocycles. The summed E-state index contributed by atoms with van der Waals surface area (Å²) in [5.74, 6) is 0. The summed E-state index contributed by atoms with van der Waals surface area (Å²) in [5, 5.41) is 0. The van der Waals surface area contributed by atoms with Crippen molar-refractivity contribution in [3.05, 3.63) is 96.2 Å². The zero-order chi connectivity index (χ0) is 18.0. The van der Waals surface area contributed by atoms with E-state index in [2.05, 4.69) is 9.98 Å². The Bertz CT molecular complexity index is 975. The summed E-state index contributed by atoms with van der Waals surface area (Å²) < 4.78 is 1.54. The van der Waals surface area contributed by atoms with Crippen LogP contribution in [-0.2, 0) is 6.54 Å². The molecule has 0 bridgehead atoms. The lowest BCUT2D eigenvalue weighted by Gasteiger charge is -2.28. The van der Waals surface area contributed by atoms with Gasteiger partial charge in [-0.05, 0) is 0 Å². The summed E-state index contributed by atoms with van der Waals surface area (Å²) >= 11 is 0. The highest BCUT2D eigenvalue weighted by atomic mass is 16.2. The first kappa shape index (κ1) is 16.2. The van der Waals surface area contributed by atoms with Crippen LogP contribution < -0.4 is 0 Å². The molecule has 2 heterocycles. The molecule has 1 atom stereocenters. The van der Waals surface area contributed by atoms with Gasteiger partial charge >= 0.3 is 6.03 Å². The minimum absolute atomic E-state index is 0.0185. The minimum atomic E-state index is -0.0986. The van der Waals surface area contributed by atoms with Crippen LogP contribution in [0, 0.1) is 0 Å². The summed E-state index contributed by atoms with van der Waals surface area (Å²) in [7, 11) is 0. The number of hydrogen-bond donors (Lipinski definition) is 0. The lowest BCUT2D eigenvalue weighted by atomic mass is 10.1. The SMILES string of the molecule is CC1=C(c2ccccc2)N=C[N+]1(Cc1ccccc1)C(=O)n1ccnc1. The van der Waals surface area contributed by atoms with Crippen molar-refractivity contribution in [3.63, 3.8) is 0 Å². The molecule has 1 unspecified atom stereocenters. The van der Waals surface area contributed by atoms with Gasteiger partial charge in [-0.15, -0.1) is 0 Å². The number of quaternary nitrogens is 1. The van der Waals surface area contributed by atoms with Gasteiger partial charge in [-0.1, -0.05) is 60.7 Å². The van der Waals surface area contributed by atoms with E-state index in [0.717, 1.165) is 22.5 Å². The van der Waals surface area contributed by atoms with Crippen molar-refractivity contribution >= 4 is 18.1 Å². The van der Waals surface area contributed by atoms with E-state index in [4.69, 9.17) is 0 Å². The highest BCUT2D eigenvalue weighted by molar-refractivity contribution is 5.87. The van der Waals surface area contributed by atoms with Crippen molar-refractivity contribution in [3.8, 4) is 0 Å². The first-order valence-electron chi connectivity index (χ1n) is 8.47. The van der Waals surface area contributed by atoms with Crippen LogP contribution in [0.25, 0.3) is 5.70 Å². The van der Waals surface area contributed by atoms with E-state index in [9.17, 15) is 4.79 Å². The molecule has 0 fully saturated rings. The van der Waals surface area contributed by atoms with Crippen LogP contribution >= 0.6 is 0 Å². The molecule has 4 rings (SSSR count). The van der Waals surface area contributed by atoms with Crippen molar-refractivity contribution < 1.29 is 9.28 Å². The third-order valence-corrected chi connectivity index (χ3v) is 4.71. The molecule has 1 amide bonds. The lowest BCUT2D eigenvalue weighted by molar-refractivity contribution is -0.721. The van der Waals surface area contributed by atoms with Gasteiger partial charge in [0.05, 0.1) is 0 Å². The second-order valence-corrected chi connectivity index (χ2v) is 6.31. The van der Waals surface area contributed by atoms with E-state index in [0.29, 0.717) is 6.54 Å². The highest BCUT2D eigenvalue weighted by Crippen LogP contribution is 2.35. The maximum Gasteiger partial charge on any atom is 0.439 e. The number of aliphatic imine (C=N–C) groups is 1. The van der Waals surface area contributed by atoms with Crippen LogP contribution in [0.5, 0.6) is 0 Å². The van der Waals surface area contributed by atoms with Crippen LogP contribution in [0.3, 0.4) is 0 Å². The molecule has 1 aliphatic heterocycles. The van der Waals surface area contributed by atoms with E-state index >= 15 is 0 Å². The van der Waals surface area contributed by atoms with E-state index in [-0.39, 0.29) is 10.5 Å². The number of carbonyl (C=O) groups excluding carboxylic acids is 1. The fourth-order valence-corrected chi connectivity index (χ4v) is 3.27. The second-order valence-electron chi connectivity index (χ2n) is 6.31. The molecule has 1 aliphatic rings. The molecule has 128 valence electrons. The van der Waals surface area contributed by atoms with E-state index in [1.165, 1.54) is 10.9 Å². The van der Waals surface area contributed by atoms with Crippen LogP contribution in [0.1, 0.15) is 18.1 Å². The number of amides is 1. The largest absolute Gasteiger partial charge is 0.439 e. The van der Waals surface area contributed by atoms with Crippen molar-refractivity contribution in [2.24, 2.45) is 4.99 Å². The van der Waals surface area contributed by atoms with E-state index < -0.39 is 0 Å². The molecular weight excluding hydrogens is 324 g/mol. The average Bonchev–Trinajstić information content (AvgIpc) is 3.33. The van der Waals surface area contributed by atoms with Crippen molar-refractivity contribution in [2.75, 3.05) is 0 Å². The first-order valence-corrected chi connectivity index (χ1v) is 8.47. The molecule has 5 heteroatoms. The normalized spacial score (nSPS) is 19.1. The molecule has 2 aromatic carbocycles. The van der Waals surface area contributed by atoms with Crippen LogP contribution in [-0.4, -0.2) is 26.4 Å². The average molecular weight is 343 g/mol. The Labute approximate surface area is 152 Å². The zero-order valence-electron chi connectivity index (χ0n) is 14.5. The third kappa shape index (κ3) is 2.68. The van der Waals surface area contributed by atoms with Crippen molar-refractivity contribution in [2.45, 2.75) is 13.5 Å². The zero-order valence-corrected chi connectivity index (χ0v) is 14.5. The van der Waals surface area contributed by atoms with Gasteiger partial charge in [0.1, 0.15) is 24.3 Å². The minimum Gasteiger partial charge on any atom is -0.245 e. The van der Waals surface area contributed by atoms with Gasteiger partial charge < -0.3 is 0 Å². The molecule has 26 heavy (non-hydrogen) atoms. The Kier molecular flexibility index (Phi) is 4.07. The summed E-state index contributed by atoms with van der Waals surface area (Å²) in [6.07, 6.45) is 6.57. The number of benzene rings is 2. The predicted octanol–water partition coefficient (Wildman–Crippen LogP) is 4.30. The van der Waals surface area contributed by atoms with Crippen LogP contribution in [0.2, 0.25) is 0 Å². The standard InChI is InChI=1S/C21H19N4O/c1-17-20(19-10-6-3-7-11-19)23-16-25(17,14-18-8-4-2-5-9-18)21(26)24-13-12-22-15-24/h2-13,15-16H,14H2,1H3/q+1. The highest BCUT2D eigenvalue weighted by Gasteiger charge is 2.45. The summed E-state index contributed by atoms with van der Waals surface area (Å²) in [6, 6.07) is 19.9. The maximum atomic E-state index is 13.4. The molecule has 0 N–H and O–H groups in total. The fourth-order valence-electron chi connectivity index (χ4n) is 3.27. The summed E-state index contributed by atoms with van der Waals surface area (Å²) in [5.41, 5.74) is 3.82. The van der Waals surface area contributed by atoms with Gasteiger partial charge in [0.15, 0.2) is 0 Å². The Morgan fingerprint density at radius 3 is 2.38 bits per heavy atom. The van der Waals surface area contributed by atoms with Gasteiger partial charge in [-0.3, -0.25) is 0 Å². The Balaban J connectivity index is 1.83. The number of aromatic nitrogens is 2. The number of rotatable bonds is 3. The summed E-state index contributed by atoms with van der Waals surface area (Å²) in [4.78, 5) is 22.1. The summed E-state index contributed by atoms with van der Waals surface area (Å²) in [6.45, 7) is 2.48. The topological polar surface area (TPSA) is 47.2 Å². The van der Waals surface area contributed by atoms with Crippen molar-refractivity contribution in [1.82, 2.24) is 9.55 Å². The molecule has 0 saturated heterocycles. The van der Waals surface area contributed by atoms with Gasteiger partial charge in [-0.2, -0.15) is 9.48 Å². The number of hydrogen-bond acceptors (Lipinski definition) is 3. The Hall–Kier alpha value is -3.31. The molecule has 3 aromatic rings. The fraction of sp³-hybridized carbons (Fsp3) is 0.0952. The van der Waals surface area contributed by atoms with Gasteiger partial charge in [0, 0.05) is 30.4 Å². The molecule has 0 saturated carbocycles. The van der Waals surface area contributed by atoms with Gasteiger partial charge in [-0.25, -0.2) is 14.3 Å². The number of nitrogens with zero attached hydrogens (tertiary/aromatic N) is 4. The number of allylic oxidation sites excluding steroid dienone is 1. The molecular formula is C21H19N4O+. The van der Waals surface area contributed by atoms with E-state index in [1.807, 2.05) is 67.6 Å². The first-order chi connectivity index (χ1) is 12.7. The van der Waals surface area contributed by atoms with Crippen LogP contribution in [0.15, 0.2) is 90.1 Å². The number of carbonyl (C=O) groups is 1. The monoisotopic (exact) mass is 343 g/mol. The Morgan fingerprint density at radius 1 is 1.04 bits per heavy atom. The molecule has 0 radical (unpaired) electrons. The van der Waals surface area contributed by atoms with E-state index in [1.54, 1.807) is 18.7 Å². The molecule has 5 nitrogen and oxygen atoms in total. The molecule has 0 spiro atoms. The second kappa shape index (κ2) is 6.54. The maximum absolute atomic E-state index is 13.4. The Morgan fingerprint density at radius 2 is 1.73 bits per heavy atom. The smallest absolute Gasteiger partial charge is 0.245 e. The van der Waals surface area contributed by atoms with Crippen molar-refractivity contribution in [1.29, 1.82) is 0 Å². The predicted molar refractivity (Wildman–Crippen MR) is 101 cm³/mol.